The van der Waals surface area contributed by atoms with Crippen molar-refractivity contribution >= 4 is 32.2 Å². The van der Waals surface area contributed by atoms with Crippen molar-refractivity contribution in [2.45, 2.75) is 73.5 Å². The molecule has 1 heterocycles. The number of esters is 2. The van der Waals surface area contributed by atoms with Gasteiger partial charge in [0.2, 0.25) is 0 Å². The Bertz CT molecular complexity index is 1100. The van der Waals surface area contributed by atoms with Gasteiger partial charge in [-0.3, -0.25) is 13.8 Å². The third-order valence-electron chi connectivity index (χ3n) is 7.16. The zero-order valence-corrected chi connectivity index (χ0v) is 19.3. The molecule has 2 bridgehead atoms. The van der Waals surface area contributed by atoms with Crippen LogP contribution in [0.1, 0.15) is 38.5 Å². The minimum Gasteiger partial charge on any atom is -0.743 e. The van der Waals surface area contributed by atoms with Gasteiger partial charge >= 0.3 is 23.4 Å². The Labute approximate surface area is 196 Å². The van der Waals surface area contributed by atoms with Crippen LogP contribution in [0.3, 0.4) is 0 Å². The summed E-state index contributed by atoms with van der Waals surface area (Å²) in [6, 6.07) is 0. The first-order valence-corrected chi connectivity index (χ1v) is 13.6. The molecule has 0 radical (unpaired) electrons. The van der Waals surface area contributed by atoms with E-state index in [0.29, 0.717) is 12.8 Å². The molecular formula is C18H20F5O10S2-. The fraction of sp³-hybridized carbons (Fsp3) is 0.889. The molecule has 0 aromatic rings. The molecule has 7 atom stereocenters. The maximum Gasteiger partial charge on any atom is 0.432 e. The first-order valence-electron chi connectivity index (χ1n) is 10.7. The summed E-state index contributed by atoms with van der Waals surface area (Å²) in [5, 5.41) is -7.85. The van der Waals surface area contributed by atoms with Crippen LogP contribution in [-0.4, -0.2) is 68.3 Å². The van der Waals surface area contributed by atoms with E-state index in [-0.39, 0.29) is 6.42 Å². The second-order valence-corrected chi connectivity index (χ2v) is 12.4. The summed E-state index contributed by atoms with van der Waals surface area (Å²) >= 11 is 0. The van der Waals surface area contributed by atoms with Crippen LogP contribution in [0.15, 0.2) is 0 Å². The topological polar surface area (TPSA) is 153 Å². The molecule has 35 heavy (non-hydrogen) atoms. The Morgan fingerprint density at radius 3 is 2.14 bits per heavy atom. The lowest BCUT2D eigenvalue weighted by Crippen LogP contribution is -2.54. The van der Waals surface area contributed by atoms with Crippen molar-refractivity contribution in [3.8, 4) is 0 Å². The Morgan fingerprint density at radius 1 is 1.00 bits per heavy atom. The van der Waals surface area contributed by atoms with Gasteiger partial charge in [-0.15, -0.1) is 0 Å². The number of hydrogen-bond acceptors (Lipinski definition) is 10. The summed E-state index contributed by atoms with van der Waals surface area (Å²) in [6.07, 6.45) is -10.2. The number of fused-ring (bicyclic) bond motifs is 1. The predicted octanol–water partition coefficient (Wildman–Crippen LogP) is 1.45. The first-order chi connectivity index (χ1) is 16.0. The van der Waals surface area contributed by atoms with E-state index in [9.17, 15) is 52.9 Å². The van der Waals surface area contributed by atoms with Gasteiger partial charge in [0, 0.05) is 11.8 Å². The monoisotopic (exact) mass is 555 g/mol. The summed E-state index contributed by atoms with van der Waals surface area (Å²) in [7, 11) is -11.5. The van der Waals surface area contributed by atoms with Crippen LogP contribution in [-0.2, 0) is 43.5 Å². The van der Waals surface area contributed by atoms with Crippen LogP contribution in [0.2, 0.25) is 0 Å². The molecule has 4 rings (SSSR count). The highest BCUT2D eigenvalue weighted by atomic mass is 32.2. The third kappa shape index (κ3) is 4.41. The van der Waals surface area contributed by atoms with E-state index >= 15 is 0 Å². The van der Waals surface area contributed by atoms with Crippen molar-refractivity contribution in [1.82, 2.24) is 0 Å². The summed E-state index contributed by atoms with van der Waals surface area (Å²) in [5.41, 5.74) is 0. The van der Waals surface area contributed by atoms with Crippen molar-refractivity contribution in [1.29, 1.82) is 0 Å². The Morgan fingerprint density at radius 2 is 1.60 bits per heavy atom. The lowest BCUT2D eigenvalue weighted by atomic mass is 9.84. The van der Waals surface area contributed by atoms with Crippen LogP contribution in [0, 0.1) is 23.7 Å². The largest absolute Gasteiger partial charge is 0.743 e. The first kappa shape index (κ1) is 26.5. The van der Waals surface area contributed by atoms with E-state index in [1.807, 2.05) is 0 Å². The number of carbonyl (C=O) groups is 2. The lowest BCUT2D eigenvalue weighted by Gasteiger charge is -2.34. The number of ether oxygens (including phenoxy) is 2. The van der Waals surface area contributed by atoms with E-state index < -0.39 is 90.8 Å². The lowest BCUT2D eigenvalue weighted by molar-refractivity contribution is -0.261. The molecule has 0 amide bonds. The summed E-state index contributed by atoms with van der Waals surface area (Å²) < 4.78 is 139. The number of alkyl halides is 5. The maximum absolute atomic E-state index is 13.8. The molecule has 0 N–H and O–H groups in total. The van der Waals surface area contributed by atoms with Crippen LogP contribution in [0.25, 0.3) is 0 Å². The SMILES string of the molecule is O=C(OC1C2CC3C1OS(=O)(=O)C3C2C(=O)OC(C(F)(F)F)C(F)(F)S(=O)(=O)[O-])C1CCCCC1. The standard InChI is InChI=1S/C18H21F5O10S2/c19-17(20,21)16(18(22,23)35(28,29)30)32-15(25)10-8-6-9-12(33-34(26,27)13(9)10)11(8)31-14(24)7-4-2-1-3-5-7/h7-13,16H,1-6H2,(H,28,29,30)/p-1. The summed E-state index contributed by atoms with van der Waals surface area (Å²) in [6.45, 7) is 0. The van der Waals surface area contributed by atoms with Gasteiger partial charge in [-0.1, -0.05) is 19.3 Å². The molecule has 3 aliphatic carbocycles. The highest BCUT2D eigenvalue weighted by molar-refractivity contribution is 7.87. The fourth-order valence-corrected chi connectivity index (χ4v) is 8.17. The number of halogens is 5. The number of carbonyl (C=O) groups excluding carboxylic acids is 2. The quantitative estimate of drug-likeness (QED) is 0.204. The fourth-order valence-electron chi connectivity index (χ4n) is 5.67. The van der Waals surface area contributed by atoms with Gasteiger partial charge in [-0.2, -0.15) is 30.4 Å². The molecule has 1 saturated heterocycles. The molecule has 4 aliphatic rings. The average Bonchev–Trinajstić information content (AvgIpc) is 3.33. The second kappa shape index (κ2) is 8.48. The Kier molecular flexibility index (Phi) is 6.41. The van der Waals surface area contributed by atoms with Gasteiger partial charge in [0.1, 0.15) is 17.5 Å². The van der Waals surface area contributed by atoms with Crippen LogP contribution < -0.4 is 0 Å². The van der Waals surface area contributed by atoms with E-state index in [4.69, 9.17) is 8.92 Å². The van der Waals surface area contributed by atoms with Crippen molar-refractivity contribution in [3.05, 3.63) is 0 Å². The van der Waals surface area contributed by atoms with Gasteiger partial charge in [0.05, 0.1) is 11.8 Å². The van der Waals surface area contributed by atoms with E-state index in [2.05, 4.69) is 4.74 Å². The highest BCUT2D eigenvalue weighted by Crippen LogP contribution is 2.59. The van der Waals surface area contributed by atoms with E-state index in [0.717, 1.165) is 19.3 Å². The molecule has 10 nitrogen and oxygen atoms in total. The van der Waals surface area contributed by atoms with Crippen LogP contribution >= 0.6 is 0 Å². The molecule has 200 valence electrons. The summed E-state index contributed by atoms with van der Waals surface area (Å²) in [5.74, 6) is -7.55. The highest BCUT2D eigenvalue weighted by Gasteiger charge is 2.73. The molecule has 3 saturated carbocycles. The van der Waals surface area contributed by atoms with Gasteiger partial charge in [0.15, 0.2) is 10.1 Å². The van der Waals surface area contributed by atoms with E-state index in [1.165, 1.54) is 0 Å². The zero-order valence-electron chi connectivity index (χ0n) is 17.7. The maximum atomic E-state index is 13.8. The van der Waals surface area contributed by atoms with Crippen LogP contribution in [0.5, 0.6) is 0 Å². The summed E-state index contributed by atoms with van der Waals surface area (Å²) in [4.78, 5) is 25.3. The minimum absolute atomic E-state index is 0.149. The Balaban J connectivity index is 1.61. The van der Waals surface area contributed by atoms with E-state index in [1.54, 1.807) is 0 Å². The minimum atomic E-state index is -6.93. The molecule has 0 aromatic carbocycles. The molecular weight excluding hydrogens is 535 g/mol. The predicted molar refractivity (Wildman–Crippen MR) is 99.7 cm³/mol. The second-order valence-electron chi connectivity index (χ2n) is 9.22. The van der Waals surface area contributed by atoms with Crippen LogP contribution in [0.4, 0.5) is 22.0 Å². The molecule has 0 spiro atoms. The molecule has 1 aliphatic heterocycles. The van der Waals surface area contributed by atoms with Crippen molar-refractivity contribution in [3.63, 3.8) is 0 Å². The molecule has 0 aromatic heterocycles. The number of hydrogen-bond donors (Lipinski definition) is 0. The van der Waals surface area contributed by atoms with Gasteiger partial charge in [0.25, 0.3) is 16.2 Å². The molecule has 7 unspecified atom stereocenters. The Hall–Kier alpha value is -1.59. The third-order valence-corrected chi connectivity index (χ3v) is 9.84. The molecule has 4 fully saturated rings. The smallest absolute Gasteiger partial charge is 0.432 e. The van der Waals surface area contributed by atoms with Gasteiger partial charge in [-0.25, -0.2) is 8.42 Å². The normalized spacial score (nSPS) is 35.6. The van der Waals surface area contributed by atoms with Crippen molar-refractivity contribution in [2.75, 3.05) is 0 Å². The molecule has 17 heteroatoms. The van der Waals surface area contributed by atoms with Gasteiger partial charge in [-0.05, 0) is 19.3 Å². The van der Waals surface area contributed by atoms with Crippen molar-refractivity contribution in [2.24, 2.45) is 23.7 Å². The zero-order chi connectivity index (χ0) is 26.1. The average molecular weight is 555 g/mol. The number of rotatable bonds is 6. The van der Waals surface area contributed by atoms with Crippen molar-refractivity contribution < 1.29 is 66.6 Å². The van der Waals surface area contributed by atoms with Gasteiger partial charge < -0.3 is 14.0 Å².